The maximum atomic E-state index is 9.99. The summed E-state index contributed by atoms with van der Waals surface area (Å²) in [5, 5.41) is 26.3. The van der Waals surface area contributed by atoms with Crippen molar-refractivity contribution in [3.05, 3.63) is 60.2 Å². The van der Waals surface area contributed by atoms with Gasteiger partial charge in [0, 0.05) is 86.8 Å². The van der Waals surface area contributed by atoms with Gasteiger partial charge in [0.05, 0.1) is 31.9 Å². The highest BCUT2D eigenvalue weighted by molar-refractivity contribution is 5.94. The Kier molecular flexibility index (Phi) is 13.4. The van der Waals surface area contributed by atoms with Crippen molar-refractivity contribution < 1.29 is 24.1 Å². The number of rotatable bonds is 15. The van der Waals surface area contributed by atoms with Gasteiger partial charge in [0.1, 0.15) is 18.2 Å². The van der Waals surface area contributed by atoms with E-state index in [2.05, 4.69) is 43.2 Å². The Bertz CT molecular complexity index is 2270. The molecule has 4 saturated heterocycles. The molecule has 0 bridgehead atoms. The minimum Gasteiger partial charge on any atom is -0.493 e. The van der Waals surface area contributed by atoms with Crippen LogP contribution in [0.3, 0.4) is 0 Å². The van der Waals surface area contributed by atoms with E-state index in [4.69, 9.17) is 38.9 Å². The molecule has 2 unspecified atom stereocenters. The highest BCUT2D eigenvalue weighted by Gasteiger charge is 2.28. The zero-order valence-corrected chi connectivity index (χ0v) is 36.2. The van der Waals surface area contributed by atoms with Gasteiger partial charge in [-0.15, -0.1) is 0 Å². The summed E-state index contributed by atoms with van der Waals surface area (Å²) in [6.07, 6.45) is 8.37. The van der Waals surface area contributed by atoms with Crippen molar-refractivity contribution in [3.63, 3.8) is 0 Å². The van der Waals surface area contributed by atoms with Gasteiger partial charge in [-0.2, -0.15) is 9.97 Å². The summed E-state index contributed by atoms with van der Waals surface area (Å²) in [6, 6.07) is 18.7. The third-order valence-corrected chi connectivity index (χ3v) is 12.8. The molecule has 0 amide bonds. The lowest BCUT2D eigenvalue weighted by molar-refractivity contribution is 0.208. The lowest BCUT2D eigenvalue weighted by atomic mass is 9.99. The summed E-state index contributed by atoms with van der Waals surface area (Å²) < 4.78 is 24.8. The van der Waals surface area contributed by atoms with Crippen molar-refractivity contribution in [1.29, 1.82) is 0 Å². The largest absolute Gasteiger partial charge is 0.493 e. The predicted molar refractivity (Wildman–Crippen MR) is 244 cm³/mol. The highest BCUT2D eigenvalue weighted by Crippen LogP contribution is 2.39. The smallest absolute Gasteiger partial charge is 0.227 e. The van der Waals surface area contributed by atoms with E-state index in [1.165, 1.54) is 0 Å². The van der Waals surface area contributed by atoms with E-state index in [1.54, 1.807) is 14.2 Å². The first kappa shape index (κ1) is 41.9. The molecule has 4 aliphatic rings. The van der Waals surface area contributed by atoms with E-state index in [-0.39, 0.29) is 30.5 Å². The Morgan fingerprint density at radius 2 is 1.19 bits per heavy atom. The molecule has 4 atom stereocenters. The summed E-state index contributed by atoms with van der Waals surface area (Å²) in [4.78, 5) is 25.1. The third kappa shape index (κ3) is 9.79. The molecule has 62 heavy (non-hydrogen) atoms. The second-order valence-electron chi connectivity index (χ2n) is 17.3. The van der Waals surface area contributed by atoms with Crippen LogP contribution in [0.25, 0.3) is 21.8 Å². The second kappa shape index (κ2) is 19.8. The van der Waals surface area contributed by atoms with Crippen LogP contribution in [0.1, 0.15) is 56.9 Å². The average molecular weight is 847 g/mol. The van der Waals surface area contributed by atoms with Crippen molar-refractivity contribution in [2.45, 2.75) is 70.1 Å². The number of piperidine rings is 4. The van der Waals surface area contributed by atoms with Gasteiger partial charge in [-0.3, -0.25) is 0 Å². The Balaban J connectivity index is 0.970. The highest BCUT2D eigenvalue weighted by atomic mass is 16.5. The van der Waals surface area contributed by atoms with E-state index in [1.807, 2.05) is 42.5 Å². The molecule has 9 rings (SSSR count). The minimum absolute atomic E-state index is 0.167. The fourth-order valence-electron chi connectivity index (χ4n) is 9.35. The molecule has 4 aliphatic heterocycles. The monoisotopic (exact) mass is 846 g/mol. The third-order valence-electron chi connectivity index (χ3n) is 12.8. The number of aliphatic hydroxyl groups is 1. The summed E-state index contributed by atoms with van der Waals surface area (Å²) in [5.74, 6) is 6.01. The minimum atomic E-state index is 0.167. The van der Waals surface area contributed by atoms with Crippen molar-refractivity contribution in [2.24, 2.45) is 11.8 Å². The number of aliphatic hydroxyl groups excluding tert-OH is 1. The number of aromatic nitrogens is 4. The average Bonchev–Trinajstić information content (AvgIpc) is 3.33. The molecule has 4 fully saturated rings. The van der Waals surface area contributed by atoms with Gasteiger partial charge < -0.3 is 55.1 Å². The van der Waals surface area contributed by atoms with Gasteiger partial charge in [0.15, 0.2) is 23.0 Å². The van der Waals surface area contributed by atoms with Crippen LogP contribution in [0.5, 0.6) is 23.0 Å². The van der Waals surface area contributed by atoms with Crippen LogP contribution in [0, 0.1) is 11.8 Å². The van der Waals surface area contributed by atoms with E-state index in [9.17, 15) is 5.11 Å². The molecule has 330 valence electrons. The Labute approximate surface area is 364 Å². The van der Waals surface area contributed by atoms with Crippen LogP contribution in [0.4, 0.5) is 23.5 Å². The van der Waals surface area contributed by atoms with Crippen LogP contribution in [-0.4, -0.2) is 117 Å². The Hall–Kier alpha value is -5.38. The zero-order valence-electron chi connectivity index (χ0n) is 36.2. The van der Waals surface area contributed by atoms with Crippen LogP contribution in [0.2, 0.25) is 0 Å². The van der Waals surface area contributed by atoms with Gasteiger partial charge in [0.25, 0.3) is 0 Å². The maximum Gasteiger partial charge on any atom is 0.227 e. The number of hydrogen-bond acceptors (Lipinski definition) is 15. The SMILES string of the molecule is COc1cc2c(N[C@@H]3CCCNC3)nc(N3CCCC(COc4cc5nc(N6CCCC(CO)C6)nc(N[C@H]6CCCNC6)c5cc4OC)C3)nc2cc1OCc1ccccc1. The summed E-state index contributed by atoms with van der Waals surface area (Å²) in [6.45, 7) is 8.09. The molecule has 6 heterocycles. The van der Waals surface area contributed by atoms with E-state index in [0.29, 0.717) is 48.1 Å². The van der Waals surface area contributed by atoms with Gasteiger partial charge in [-0.25, -0.2) is 9.97 Å². The number of anilines is 4. The fraction of sp³-hybridized carbons (Fsp3) is 0.532. The maximum absolute atomic E-state index is 9.99. The van der Waals surface area contributed by atoms with E-state index < -0.39 is 0 Å². The predicted octanol–water partition coefficient (Wildman–Crippen LogP) is 6.00. The first-order chi connectivity index (χ1) is 30.5. The van der Waals surface area contributed by atoms with Crippen molar-refractivity contribution in [2.75, 3.05) is 100 Å². The van der Waals surface area contributed by atoms with Crippen molar-refractivity contribution in [3.8, 4) is 23.0 Å². The first-order valence-corrected chi connectivity index (χ1v) is 22.7. The molecular formula is C47H62N10O5. The van der Waals surface area contributed by atoms with Crippen LogP contribution < -0.4 is 50.0 Å². The summed E-state index contributed by atoms with van der Waals surface area (Å²) in [7, 11) is 3.36. The molecule has 15 nitrogen and oxygen atoms in total. The van der Waals surface area contributed by atoms with Gasteiger partial charge >= 0.3 is 0 Å². The molecular weight excluding hydrogens is 785 g/mol. The first-order valence-electron chi connectivity index (χ1n) is 22.7. The second-order valence-corrected chi connectivity index (χ2v) is 17.3. The molecule has 5 N–H and O–H groups in total. The zero-order chi connectivity index (χ0) is 42.3. The quantitative estimate of drug-likeness (QED) is 0.0834. The number of methoxy groups -OCH3 is 2. The molecule has 2 aromatic heterocycles. The van der Waals surface area contributed by atoms with Crippen molar-refractivity contribution >= 4 is 45.3 Å². The van der Waals surface area contributed by atoms with Crippen molar-refractivity contribution in [1.82, 2.24) is 30.6 Å². The topological polar surface area (TPSA) is 163 Å². The normalized spacial score (nSPS) is 22.0. The van der Waals surface area contributed by atoms with Crippen LogP contribution >= 0.6 is 0 Å². The van der Waals surface area contributed by atoms with Crippen LogP contribution in [0.15, 0.2) is 54.6 Å². The van der Waals surface area contributed by atoms with Gasteiger partial charge in [-0.1, -0.05) is 30.3 Å². The molecule has 0 spiro atoms. The summed E-state index contributed by atoms with van der Waals surface area (Å²) in [5.41, 5.74) is 2.68. The number of ether oxygens (including phenoxy) is 4. The number of hydrogen-bond donors (Lipinski definition) is 5. The van der Waals surface area contributed by atoms with Gasteiger partial charge in [0.2, 0.25) is 11.9 Å². The molecule has 3 aromatic carbocycles. The molecule has 5 aromatic rings. The molecule has 0 aliphatic carbocycles. The van der Waals surface area contributed by atoms with Crippen LogP contribution in [-0.2, 0) is 6.61 Å². The standard InChI is InChI=1S/C47H62N10O5/c1-59-40-20-36-38(22-42(40)61-29-31-10-4-3-5-11-31)53-47(55-45(36)51-35-15-7-17-49-25-35)57-19-9-13-33(27-57)30-62-43-23-39-37(21-41(43)60-2)44(50-34-14-6-16-48-24-34)54-46(52-39)56-18-8-12-32(26-56)28-58/h3-5,10-11,20-23,32-35,48-49,58H,6-9,12-19,24-30H2,1-2H3,(H,50,52,54)(H,51,53,55)/t32?,33?,34-,35+/m0/s1. The van der Waals surface area contributed by atoms with Gasteiger partial charge in [-0.05, 0) is 88.1 Å². The summed E-state index contributed by atoms with van der Waals surface area (Å²) >= 11 is 0. The Morgan fingerprint density at radius 1 is 0.645 bits per heavy atom. The number of benzene rings is 3. The number of nitrogens with one attached hydrogen (secondary N) is 4. The lowest BCUT2D eigenvalue weighted by Crippen LogP contribution is -2.40. The molecule has 15 heteroatoms. The van der Waals surface area contributed by atoms with E-state index in [0.717, 1.165) is 143 Å². The molecule has 0 saturated carbocycles. The Morgan fingerprint density at radius 3 is 1.73 bits per heavy atom. The number of fused-ring (bicyclic) bond motifs is 2. The lowest BCUT2D eigenvalue weighted by Gasteiger charge is -2.33. The number of nitrogens with zero attached hydrogens (tertiary/aromatic N) is 6. The fourth-order valence-corrected chi connectivity index (χ4v) is 9.35. The van der Waals surface area contributed by atoms with E-state index >= 15 is 0 Å². The molecule has 0 radical (unpaired) electrons.